The number of nitrogens with two attached hydrogens (primary N) is 1. The molecule has 1 rings (SSSR count). The Balaban J connectivity index is 2.09. The normalized spacial score (nSPS) is 24.5. The average Bonchev–Trinajstić information content (AvgIpc) is 2.03. The second-order valence-electron chi connectivity index (χ2n) is 2.49. The predicted molar refractivity (Wildman–Crippen MR) is 40.2 cm³/mol. The molecule has 1 aliphatic heterocycles. The van der Waals surface area contributed by atoms with E-state index in [1.54, 1.807) is 0 Å². The first-order chi connectivity index (χ1) is 5.29. The first-order valence-corrected chi connectivity index (χ1v) is 3.65. The average molecular weight is 159 g/mol. The zero-order valence-corrected chi connectivity index (χ0v) is 6.30. The number of carbonyl (C=O) groups excluding carboxylic acids is 1. The van der Waals surface area contributed by atoms with Crippen molar-refractivity contribution in [3.05, 3.63) is 0 Å². The highest BCUT2D eigenvalue weighted by molar-refractivity contribution is 5.64. The van der Waals surface area contributed by atoms with Crippen molar-refractivity contribution in [2.75, 3.05) is 26.2 Å². The molecule has 0 saturated carbocycles. The standard InChI is InChI=1S/C6H13N3O2/c7-6(10)11-4-5-3-8-1-2-9-5/h5,8-9H,1-4H2,(H2,7,10)/t5-/m1/s1. The van der Waals surface area contributed by atoms with E-state index in [4.69, 9.17) is 5.73 Å². The van der Waals surface area contributed by atoms with E-state index in [9.17, 15) is 4.79 Å². The Morgan fingerprint density at radius 2 is 2.45 bits per heavy atom. The highest BCUT2D eigenvalue weighted by Crippen LogP contribution is 1.87. The van der Waals surface area contributed by atoms with Crippen molar-refractivity contribution in [1.29, 1.82) is 0 Å². The Kier molecular flexibility index (Phi) is 3.13. The SMILES string of the molecule is NC(=O)OC[C@H]1CNCCN1. The number of ether oxygens (including phenoxy) is 1. The monoisotopic (exact) mass is 159 g/mol. The number of hydrogen-bond acceptors (Lipinski definition) is 4. The van der Waals surface area contributed by atoms with Gasteiger partial charge in [-0.2, -0.15) is 0 Å². The summed E-state index contributed by atoms with van der Waals surface area (Å²) in [5, 5.41) is 6.34. The second-order valence-corrected chi connectivity index (χ2v) is 2.49. The van der Waals surface area contributed by atoms with Gasteiger partial charge >= 0.3 is 6.09 Å². The Bertz CT molecular complexity index is 134. The molecule has 0 radical (unpaired) electrons. The summed E-state index contributed by atoms with van der Waals surface area (Å²) in [6.45, 7) is 3.05. The van der Waals surface area contributed by atoms with Crippen molar-refractivity contribution in [2.24, 2.45) is 5.73 Å². The highest BCUT2D eigenvalue weighted by atomic mass is 16.5. The zero-order valence-electron chi connectivity index (χ0n) is 6.30. The molecule has 4 N–H and O–H groups in total. The minimum absolute atomic E-state index is 0.205. The number of primary amides is 1. The van der Waals surface area contributed by atoms with Gasteiger partial charge in [0.1, 0.15) is 6.61 Å². The van der Waals surface area contributed by atoms with Gasteiger partial charge in [0.15, 0.2) is 0 Å². The third-order valence-corrected chi connectivity index (χ3v) is 1.55. The number of amides is 1. The molecular formula is C6H13N3O2. The zero-order chi connectivity index (χ0) is 8.10. The van der Waals surface area contributed by atoms with Crippen LogP contribution >= 0.6 is 0 Å². The van der Waals surface area contributed by atoms with Crippen molar-refractivity contribution in [1.82, 2.24) is 10.6 Å². The Morgan fingerprint density at radius 1 is 1.64 bits per heavy atom. The fourth-order valence-corrected chi connectivity index (χ4v) is 1.01. The van der Waals surface area contributed by atoms with Gasteiger partial charge in [-0.25, -0.2) is 4.79 Å². The molecule has 1 amide bonds. The first kappa shape index (κ1) is 8.29. The van der Waals surface area contributed by atoms with E-state index in [1.165, 1.54) is 0 Å². The molecule has 64 valence electrons. The number of hydrogen-bond donors (Lipinski definition) is 3. The third kappa shape index (κ3) is 3.20. The molecule has 1 saturated heterocycles. The van der Waals surface area contributed by atoms with E-state index in [-0.39, 0.29) is 6.04 Å². The van der Waals surface area contributed by atoms with Crippen LogP contribution in [0.3, 0.4) is 0 Å². The molecule has 0 bridgehead atoms. The van der Waals surface area contributed by atoms with Crippen molar-refractivity contribution in [3.63, 3.8) is 0 Å². The number of rotatable bonds is 2. The molecule has 5 heteroatoms. The first-order valence-electron chi connectivity index (χ1n) is 3.65. The van der Waals surface area contributed by atoms with E-state index in [0.29, 0.717) is 6.61 Å². The molecule has 1 atom stereocenters. The Morgan fingerprint density at radius 3 is 3.00 bits per heavy atom. The van der Waals surface area contributed by atoms with Crippen LogP contribution in [0.1, 0.15) is 0 Å². The van der Waals surface area contributed by atoms with Crippen molar-refractivity contribution in [3.8, 4) is 0 Å². The molecule has 0 aliphatic carbocycles. The van der Waals surface area contributed by atoms with Crippen LogP contribution in [0.2, 0.25) is 0 Å². The van der Waals surface area contributed by atoms with Crippen LogP contribution in [0, 0.1) is 0 Å². The van der Waals surface area contributed by atoms with Crippen LogP contribution in [0.5, 0.6) is 0 Å². The maximum absolute atomic E-state index is 10.2. The van der Waals surface area contributed by atoms with Crippen LogP contribution in [0.15, 0.2) is 0 Å². The summed E-state index contributed by atoms with van der Waals surface area (Å²) in [6, 6.07) is 0.205. The Labute approximate surface area is 65.3 Å². The van der Waals surface area contributed by atoms with Gasteiger partial charge in [0.2, 0.25) is 0 Å². The second kappa shape index (κ2) is 4.15. The summed E-state index contributed by atoms with van der Waals surface area (Å²) in [7, 11) is 0. The van der Waals surface area contributed by atoms with Crippen LogP contribution in [-0.2, 0) is 4.74 Å². The van der Waals surface area contributed by atoms with Gasteiger partial charge in [-0.1, -0.05) is 0 Å². The number of carbonyl (C=O) groups is 1. The van der Waals surface area contributed by atoms with Crippen LogP contribution in [0.25, 0.3) is 0 Å². The van der Waals surface area contributed by atoms with Gasteiger partial charge in [-0.15, -0.1) is 0 Å². The smallest absolute Gasteiger partial charge is 0.404 e. The maximum Gasteiger partial charge on any atom is 0.404 e. The fraction of sp³-hybridized carbons (Fsp3) is 0.833. The van der Waals surface area contributed by atoms with E-state index in [0.717, 1.165) is 19.6 Å². The minimum atomic E-state index is -0.711. The van der Waals surface area contributed by atoms with E-state index >= 15 is 0 Å². The fourth-order valence-electron chi connectivity index (χ4n) is 1.01. The Hall–Kier alpha value is -0.810. The summed E-state index contributed by atoms with van der Waals surface area (Å²) in [4.78, 5) is 10.2. The summed E-state index contributed by atoms with van der Waals surface area (Å²) in [5.74, 6) is 0. The summed E-state index contributed by atoms with van der Waals surface area (Å²) in [5.41, 5.74) is 4.80. The van der Waals surface area contributed by atoms with Gasteiger partial charge in [0.25, 0.3) is 0 Å². The quantitative estimate of drug-likeness (QED) is 0.465. The van der Waals surface area contributed by atoms with Crippen LogP contribution in [0.4, 0.5) is 4.79 Å². The lowest BCUT2D eigenvalue weighted by atomic mass is 10.2. The van der Waals surface area contributed by atoms with Crippen LogP contribution < -0.4 is 16.4 Å². The van der Waals surface area contributed by atoms with E-state index in [2.05, 4.69) is 15.4 Å². The van der Waals surface area contributed by atoms with Gasteiger partial charge in [-0.3, -0.25) is 0 Å². The van der Waals surface area contributed by atoms with Crippen molar-refractivity contribution < 1.29 is 9.53 Å². The van der Waals surface area contributed by atoms with Crippen molar-refractivity contribution in [2.45, 2.75) is 6.04 Å². The number of nitrogens with one attached hydrogen (secondary N) is 2. The summed E-state index contributed by atoms with van der Waals surface area (Å²) >= 11 is 0. The molecule has 1 heterocycles. The lowest BCUT2D eigenvalue weighted by Gasteiger charge is -2.23. The van der Waals surface area contributed by atoms with Gasteiger partial charge in [0, 0.05) is 19.6 Å². The lowest BCUT2D eigenvalue weighted by Crippen LogP contribution is -2.50. The topological polar surface area (TPSA) is 76.4 Å². The molecule has 1 fully saturated rings. The molecule has 0 aromatic heterocycles. The van der Waals surface area contributed by atoms with Gasteiger partial charge < -0.3 is 21.1 Å². The molecular weight excluding hydrogens is 146 g/mol. The molecule has 11 heavy (non-hydrogen) atoms. The highest BCUT2D eigenvalue weighted by Gasteiger charge is 2.12. The molecule has 0 spiro atoms. The summed E-state index contributed by atoms with van der Waals surface area (Å²) in [6.07, 6.45) is -0.711. The largest absolute Gasteiger partial charge is 0.448 e. The van der Waals surface area contributed by atoms with Crippen LogP contribution in [-0.4, -0.2) is 38.4 Å². The molecule has 5 nitrogen and oxygen atoms in total. The van der Waals surface area contributed by atoms with E-state index in [1.807, 2.05) is 0 Å². The maximum atomic E-state index is 10.2. The third-order valence-electron chi connectivity index (χ3n) is 1.55. The van der Waals surface area contributed by atoms with E-state index < -0.39 is 6.09 Å². The predicted octanol–water partition coefficient (Wildman–Crippen LogP) is -1.36. The number of piperazine rings is 1. The minimum Gasteiger partial charge on any atom is -0.448 e. The molecule has 0 aromatic rings. The molecule has 1 aliphatic rings. The van der Waals surface area contributed by atoms with Gasteiger partial charge in [0.05, 0.1) is 6.04 Å². The molecule has 0 unspecified atom stereocenters. The van der Waals surface area contributed by atoms with Gasteiger partial charge in [-0.05, 0) is 0 Å². The molecule has 0 aromatic carbocycles. The van der Waals surface area contributed by atoms with Crippen molar-refractivity contribution >= 4 is 6.09 Å². The lowest BCUT2D eigenvalue weighted by molar-refractivity contribution is 0.140. The summed E-state index contributed by atoms with van der Waals surface area (Å²) < 4.78 is 4.62.